The van der Waals surface area contributed by atoms with Crippen molar-refractivity contribution in [1.82, 2.24) is 0 Å². The van der Waals surface area contributed by atoms with E-state index in [2.05, 4.69) is 0 Å². The third kappa shape index (κ3) is 4.95. The van der Waals surface area contributed by atoms with E-state index in [0.717, 1.165) is 5.56 Å². The van der Waals surface area contributed by atoms with Crippen LogP contribution in [-0.2, 0) is 23.1 Å². The van der Waals surface area contributed by atoms with E-state index in [-0.39, 0.29) is 24.5 Å². The Morgan fingerprint density at radius 1 is 1.08 bits per heavy atom. The maximum absolute atomic E-state index is 11.0. The highest BCUT2D eigenvalue weighted by atomic mass is 32.2. The van der Waals surface area contributed by atoms with E-state index in [1.165, 1.54) is 13.0 Å². The van der Waals surface area contributed by atoms with Crippen LogP contribution in [0.2, 0.25) is 0 Å². The Morgan fingerprint density at radius 3 is 2.38 bits per heavy atom. The predicted octanol–water partition coefficient (Wildman–Crippen LogP) is 2.36. The van der Waals surface area contributed by atoms with Crippen LogP contribution in [0.3, 0.4) is 0 Å². The quantitative estimate of drug-likeness (QED) is 0.661. The van der Waals surface area contributed by atoms with Crippen molar-refractivity contribution in [2.45, 2.75) is 25.4 Å². The second-order valence-electron chi connectivity index (χ2n) is 5.66. The molecule has 0 saturated heterocycles. The summed E-state index contributed by atoms with van der Waals surface area (Å²) in [6.45, 7) is 1.79. The minimum absolute atomic E-state index is 0.0299. The molecule has 7 heteroatoms. The van der Waals surface area contributed by atoms with E-state index in [1.807, 2.05) is 30.3 Å². The third-order valence-corrected chi connectivity index (χ3v) is 4.69. The Labute approximate surface area is 141 Å². The standard InChI is InChI=1S/C17H20O6S/c1-12(17(19)24(20,21)22)9-14-7-8-15(18)16(10-14)23-11-13-5-3-2-4-6-13/h2-8,10,12,17-19H,9,11H2,1H3,(H,20,21,22)/t12-,17+/m1/s1. The lowest BCUT2D eigenvalue weighted by atomic mass is 10.0. The second kappa shape index (κ2) is 7.65. The monoisotopic (exact) mass is 352 g/mol. The van der Waals surface area contributed by atoms with E-state index in [0.29, 0.717) is 5.56 Å². The molecule has 0 aliphatic heterocycles. The van der Waals surface area contributed by atoms with Gasteiger partial charge < -0.3 is 14.9 Å². The molecule has 0 unspecified atom stereocenters. The molecular formula is C17H20O6S. The smallest absolute Gasteiger partial charge is 0.292 e. The van der Waals surface area contributed by atoms with E-state index in [9.17, 15) is 18.6 Å². The topological polar surface area (TPSA) is 104 Å². The van der Waals surface area contributed by atoms with Crippen molar-refractivity contribution in [1.29, 1.82) is 0 Å². The van der Waals surface area contributed by atoms with Gasteiger partial charge in [0.1, 0.15) is 6.61 Å². The molecule has 0 fully saturated rings. The van der Waals surface area contributed by atoms with Crippen LogP contribution >= 0.6 is 0 Å². The highest BCUT2D eigenvalue weighted by Crippen LogP contribution is 2.29. The Kier molecular flexibility index (Phi) is 5.82. The van der Waals surface area contributed by atoms with Gasteiger partial charge in [-0.1, -0.05) is 43.3 Å². The second-order valence-corrected chi connectivity index (χ2v) is 7.18. The molecule has 0 heterocycles. The number of aliphatic hydroxyl groups excluding tert-OH is 1. The molecule has 0 bridgehead atoms. The summed E-state index contributed by atoms with van der Waals surface area (Å²) in [6, 6.07) is 14.1. The lowest BCUT2D eigenvalue weighted by Gasteiger charge is -2.17. The first kappa shape index (κ1) is 18.3. The van der Waals surface area contributed by atoms with E-state index < -0.39 is 21.5 Å². The predicted molar refractivity (Wildman–Crippen MR) is 89.3 cm³/mol. The van der Waals surface area contributed by atoms with Gasteiger partial charge in [-0.25, -0.2) is 0 Å². The van der Waals surface area contributed by atoms with Crippen LogP contribution in [-0.4, -0.2) is 28.6 Å². The molecular weight excluding hydrogens is 332 g/mol. The maximum Gasteiger partial charge on any atom is 0.292 e. The van der Waals surface area contributed by atoms with Gasteiger partial charge in [-0.2, -0.15) is 8.42 Å². The zero-order valence-electron chi connectivity index (χ0n) is 13.2. The fourth-order valence-electron chi connectivity index (χ4n) is 2.30. The molecule has 0 aliphatic carbocycles. The number of hydrogen-bond donors (Lipinski definition) is 3. The lowest BCUT2D eigenvalue weighted by Crippen LogP contribution is -2.28. The molecule has 0 radical (unpaired) electrons. The van der Waals surface area contributed by atoms with Crippen LogP contribution in [0.1, 0.15) is 18.1 Å². The molecule has 2 atom stereocenters. The van der Waals surface area contributed by atoms with Crippen molar-refractivity contribution in [2.24, 2.45) is 5.92 Å². The van der Waals surface area contributed by atoms with Gasteiger partial charge >= 0.3 is 0 Å². The summed E-state index contributed by atoms with van der Waals surface area (Å²) in [6.07, 6.45) is 0.197. The number of rotatable bonds is 7. The number of ether oxygens (including phenoxy) is 1. The molecule has 3 N–H and O–H groups in total. The number of phenolic OH excluding ortho intramolecular Hbond substituents is 1. The van der Waals surface area contributed by atoms with Gasteiger partial charge in [0.15, 0.2) is 16.9 Å². The van der Waals surface area contributed by atoms with Gasteiger partial charge in [0, 0.05) is 5.92 Å². The van der Waals surface area contributed by atoms with Crippen LogP contribution in [0.25, 0.3) is 0 Å². The van der Waals surface area contributed by atoms with Crippen molar-refractivity contribution in [3.05, 3.63) is 59.7 Å². The van der Waals surface area contributed by atoms with Gasteiger partial charge in [0.2, 0.25) is 0 Å². The molecule has 0 saturated carbocycles. The largest absolute Gasteiger partial charge is 0.504 e. The number of hydrogen-bond acceptors (Lipinski definition) is 5. The van der Waals surface area contributed by atoms with Crippen molar-refractivity contribution >= 4 is 10.1 Å². The van der Waals surface area contributed by atoms with Crippen LogP contribution in [0, 0.1) is 5.92 Å². The molecule has 2 rings (SSSR count). The van der Waals surface area contributed by atoms with Gasteiger partial charge in [0.05, 0.1) is 0 Å². The van der Waals surface area contributed by atoms with Crippen molar-refractivity contribution in [3.8, 4) is 11.5 Å². The molecule has 24 heavy (non-hydrogen) atoms. The fourth-order valence-corrected chi connectivity index (χ4v) is 2.99. The number of benzene rings is 2. The zero-order valence-corrected chi connectivity index (χ0v) is 14.0. The lowest BCUT2D eigenvalue weighted by molar-refractivity contribution is 0.177. The van der Waals surface area contributed by atoms with Crippen LogP contribution in [0.4, 0.5) is 0 Å². The number of aromatic hydroxyl groups is 1. The minimum Gasteiger partial charge on any atom is -0.504 e. The van der Waals surface area contributed by atoms with Crippen LogP contribution in [0.15, 0.2) is 48.5 Å². The summed E-state index contributed by atoms with van der Waals surface area (Å²) in [5, 5.41) is 19.4. The molecule has 6 nitrogen and oxygen atoms in total. The summed E-state index contributed by atoms with van der Waals surface area (Å²) in [5.41, 5.74) is -0.247. The van der Waals surface area contributed by atoms with E-state index in [1.54, 1.807) is 12.1 Å². The highest BCUT2D eigenvalue weighted by molar-refractivity contribution is 7.86. The summed E-state index contributed by atoms with van der Waals surface area (Å²) < 4.78 is 36.5. The van der Waals surface area contributed by atoms with Crippen LogP contribution < -0.4 is 4.74 Å². The van der Waals surface area contributed by atoms with Gasteiger partial charge in [0.25, 0.3) is 10.1 Å². The Morgan fingerprint density at radius 2 is 1.75 bits per heavy atom. The average Bonchev–Trinajstić information content (AvgIpc) is 2.54. The molecule has 0 amide bonds. The Balaban J connectivity index is 2.08. The first-order valence-corrected chi connectivity index (χ1v) is 8.90. The van der Waals surface area contributed by atoms with Gasteiger partial charge in [-0.15, -0.1) is 0 Å². The Hall–Kier alpha value is -2.09. The first-order valence-electron chi connectivity index (χ1n) is 7.40. The Bertz CT molecular complexity index is 773. The van der Waals surface area contributed by atoms with Gasteiger partial charge in [-0.3, -0.25) is 4.55 Å². The molecule has 2 aromatic carbocycles. The molecule has 2 aromatic rings. The number of phenols is 1. The third-order valence-electron chi connectivity index (χ3n) is 3.61. The summed E-state index contributed by atoms with van der Waals surface area (Å²) in [4.78, 5) is 0. The average molecular weight is 352 g/mol. The number of aliphatic hydroxyl groups is 1. The zero-order chi connectivity index (χ0) is 17.7. The summed E-state index contributed by atoms with van der Waals surface area (Å²) in [5.74, 6) is -0.478. The fraction of sp³-hybridized carbons (Fsp3) is 0.294. The highest BCUT2D eigenvalue weighted by Gasteiger charge is 2.26. The summed E-state index contributed by atoms with van der Waals surface area (Å²) >= 11 is 0. The molecule has 0 aliphatic rings. The summed E-state index contributed by atoms with van der Waals surface area (Å²) in [7, 11) is -4.51. The minimum atomic E-state index is -4.51. The van der Waals surface area contributed by atoms with E-state index in [4.69, 9.17) is 9.29 Å². The SMILES string of the molecule is C[C@H](Cc1ccc(O)c(OCc2ccccc2)c1)[C@@H](O)S(=O)(=O)O. The van der Waals surface area contributed by atoms with Crippen LogP contribution in [0.5, 0.6) is 11.5 Å². The molecule has 0 spiro atoms. The van der Waals surface area contributed by atoms with Crippen molar-refractivity contribution < 1.29 is 27.9 Å². The molecule has 0 aromatic heterocycles. The van der Waals surface area contributed by atoms with Crippen molar-refractivity contribution in [3.63, 3.8) is 0 Å². The maximum atomic E-state index is 11.0. The molecule has 130 valence electrons. The van der Waals surface area contributed by atoms with Crippen molar-refractivity contribution in [2.75, 3.05) is 0 Å². The normalized spacial score (nSPS) is 14.1. The van der Waals surface area contributed by atoms with Gasteiger partial charge in [-0.05, 0) is 29.7 Å². The first-order chi connectivity index (χ1) is 11.3. The van der Waals surface area contributed by atoms with E-state index >= 15 is 0 Å².